The Morgan fingerprint density at radius 1 is 1.35 bits per heavy atom. The first kappa shape index (κ1) is 12.1. The molecule has 2 rings (SSSR count). The van der Waals surface area contributed by atoms with Gasteiger partial charge in [-0.3, -0.25) is 0 Å². The average Bonchev–Trinajstić information content (AvgIpc) is 2.62. The Morgan fingerprint density at radius 3 is 2.71 bits per heavy atom. The SMILES string of the molecule is CC(C)S(=O)(=O)Cc1c[nH]c2c(F)cccc12. The monoisotopic (exact) mass is 255 g/mol. The van der Waals surface area contributed by atoms with Gasteiger partial charge in [0.15, 0.2) is 9.84 Å². The highest BCUT2D eigenvalue weighted by molar-refractivity contribution is 7.91. The van der Waals surface area contributed by atoms with Crippen LogP contribution < -0.4 is 0 Å². The van der Waals surface area contributed by atoms with Gasteiger partial charge in [-0.25, -0.2) is 12.8 Å². The fraction of sp³-hybridized carbons (Fsp3) is 0.333. The first-order chi connectivity index (χ1) is 7.92. The van der Waals surface area contributed by atoms with Crippen molar-refractivity contribution in [1.82, 2.24) is 4.98 Å². The van der Waals surface area contributed by atoms with E-state index in [-0.39, 0.29) is 11.6 Å². The van der Waals surface area contributed by atoms with Crippen molar-refractivity contribution in [2.75, 3.05) is 0 Å². The summed E-state index contributed by atoms with van der Waals surface area (Å²) in [6.07, 6.45) is 1.56. The van der Waals surface area contributed by atoms with Crippen molar-refractivity contribution in [2.24, 2.45) is 0 Å². The molecule has 0 unspecified atom stereocenters. The molecule has 0 spiro atoms. The lowest BCUT2D eigenvalue weighted by Crippen LogP contribution is -2.15. The Kier molecular flexibility index (Phi) is 2.95. The van der Waals surface area contributed by atoms with Crippen LogP contribution in [0.3, 0.4) is 0 Å². The van der Waals surface area contributed by atoms with Gasteiger partial charge in [0.25, 0.3) is 0 Å². The smallest absolute Gasteiger partial charge is 0.156 e. The van der Waals surface area contributed by atoms with Crippen molar-refractivity contribution in [3.05, 3.63) is 35.8 Å². The number of H-pyrrole nitrogens is 1. The van der Waals surface area contributed by atoms with Gasteiger partial charge in [-0.05, 0) is 25.5 Å². The maximum absolute atomic E-state index is 13.4. The van der Waals surface area contributed by atoms with Crippen LogP contribution in [0.25, 0.3) is 10.9 Å². The zero-order valence-electron chi connectivity index (χ0n) is 9.70. The van der Waals surface area contributed by atoms with Crippen LogP contribution in [-0.2, 0) is 15.6 Å². The van der Waals surface area contributed by atoms with Crippen LogP contribution in [0.5, 0.6) is 0 Å². The van der Waals surface area contributed by atoms with E-state index in [0.717, 1.165) is 0 Å². The van der Waals surface area contributed by atoms with E-state index in [9.17, 15) is 12.8 Å². The molecule has 2 aromatic rings. The van der Waals surface area contributed by atoms with Gasteiger partial charge in [0.2, 0.25) is 0 Å². The molecule has 5 heteroatoms. The summed E-state index contributed by atoms with van der Waals surface area (Å²) in [6.45, 7) is 3.29. The third kappa shape index (κ3) is 2.20. The Bertz CT molecular complexity index is 644. The predicted molar refractivity (Wildman–Crippen MR) is 66.0 cm³/mol. The Morgan fingerprint density at radius 2 is 2.06 bits per heavy atom. The summed E-state index contributed by atoms with van der Waals surface area (Å²) in [7, 11) is -3.17. The minimum Gasteiger partial charge on any atom is -0.358 e. The molecular weight excluding hydrogens is 241 g/mol. The van der Waals surface area contributed by atoms with Crippen LogP contribution in [0, 0.1) is 5.82 Å². The van der Waals surface area contributed by atoms with E-state index in [2.05, 4.69) is 4.98 Å². The second-order valence-electron chi connectivity index (χ2n) is 4.33. The molecule has 0 aliphatic rings. The Hall–Kier alpha value is -1.36. The lowest BCUT2D eigenvalue weighted by Gasteiger charge is -2.06. The van der Waals surface area contributed by atoms with Gasteiger partial charge in [-0.15, -0.1) is 0 Å². The number of hydrogen-bond donors (Lipinski definition) is 1. The standard InChI is InChI=1S/C12H14FNO2S/c1-8(2)17(15,16)7-9-6-14-12-10(9)4-3-5-11(12)13/h3-6,8,14H,7H2,1-2H3. The molecule has 0 aliphatic carbocycles. The number of rotatable bonds is 3. The summed E-state index contributed by atoms with van der Waals surface area (Å²) in [5.74, 6) is -0.426. The van der Waals surface area contributed by atoms with Crippen molar-refractivity contribution < 1.29 is 12.8 Å². The molecule has 0 saturated heterocycles. The normalized spacial score (nSPS) is 12.5. The van der Waals surface area contributed by atoms with Gasteiger partial charge in [0.1, 0.15) is 5.82 Å². The molecule has 1 aromatic heterocycles. The van der Waals surface area contributed by atoms with E-state index >= 15 is 0 Å². The number of aromatic nitrogens is 1. The summed E-state index contributed by atoms with van der Waals surface area (Å²) >= 11 is 0. The zero-order valence-corrected chi connectivity index (χ0v) is 10.5. The largest absolute Gasteiger partial charge is 0.358 e. The van der Waals surface area contributed by atoms with Gasteiger partial charge in [-0.1, -0.05) is 12.1 Å². The molecule has 0 saturated carbocycles. The van der Waals surface area contributed by atoms with Crippen molar-refractivity contribution in [2.45, 2.75) is 24.9 Å². The highest BCUT2D eigenvalue weighted by Gasteiger charge is 2.19. The number of halogens is 1. The number of nitrogens with one attached hydrogen (secondary N) is 1. The van der Waals surface area contributed by atoms with Gasteiger partial charge in [0, 0.05) is 11.6 Å². The molecule has 1 heterocycles. The molecule has 92 valence electrons. The highest BCUT2D eigenvalue weighted by Crippen LogP contribution is 2.23. The fourth-order valence-electron chi connectivity index (χ4n) is 1.68. The molecule has 1 aromatic carbocycles. The quantitative estimate of drug-likeness (QED) is 0.916. The van der Waals surface area contributed by atoms with Crippen LogP contribution in [0.15, 0.2) is 24.4 Å². The van der Waals surface area contributed by atoms with Crippen LogP contribution in [0.2, 0.25) is 0 Å². The number of aromatic amines is 1. The Labute approximate surface area is 99.6 Å². The Balaban J connectivity index is 2.48. The van der Waals surface area contributed by atoms with Crippen LogP contribution in [0.1, 0.15) is 19.4 Å². The van der Waals surface area contributed by atoms with Gasteiger partial charge in [-0.2, -0.15) is 0 Å². The second kappa shape index (κ2) is 4.14. The topological polar surface area (TPSA) is 49.9 Å². The van der Waals surface area contributed by atoms with Crippen LogP contribution in [0.4, 0.5) is 4.39 Å². The number of hydrogen-bond acceptors (Lipinski definition) is 2. The number of fused-ring (bicyclic) bond motifs is 1. The van der Waals surface area contributed by atoms with Crippen molar-refractivity contribution >= 4 is 20.7 Å². The van der Waals surface area contributed by atoms with Gasteiger partial charge >= 0.3 is 0 Å². The number of para-hydroxylation sites is 1. The molecule has 1 N–H and O–H groups in total. The summed E-state index contributed by atoms with van der Waals surface area (Å²) in [5, 5.41) is 0.204. The first-order valence-electron chi connectivity index (χ1n) is 5.38. The molecule has 17 heavy (non-hydrogen) atoms. The van der Waals surface area contributed by atoms with Crippen molar-refractivity contribution in [1.29, 1.82) is 0 Å². The molecule has 0 amide bonds. The van der Waals surface area contributed by atoms with Crippen molar-refractivity contribution in [3.63, 3.8) is 0 Å². The fourth-order valence-corrected chi connectivity index (χ4v) is 2.68. The average molecular weight is 255 g/mol. The summed E-state index contributed by atoms with van der Waals surface area (Å²) in [4.78, 5) is 2.78. The summed E-state index contributed by atoms with van der Waals surface area (Å²) in [6, 6.07) is 4.65. The third-order valence-electron chi connectivity index (χ3n) is 2.83. The van der Waals surface area contributed by atoms with E-state index in [4.69, 9.17) is 0 Å². The minimum absolute atomic E-state index is 0.0614. The first-order valence-corrected chi connectivity index (χ1v) is 7.09. The lowest BCUT2D eigenvalue weighted by atomic mass is 10.2. The van der Waals surface area contributed by atoms with Crippen LogP contribution >= 0.6 is 0 Å². The summed E-state index contributed by atoms with van der Waals surface area (Å²) in [5.41, 5.74) is 0.981. The molecule has 0 radical (unpaired) electrons. The molecule has 0 fully saturated rings. The second-order valence-corrected chi connectivity index (χ2v) is 6.89. The van der Waals surface area contributed by atoms with E-state index < -0.39 is 15.1 Å². The molecule has 3 nitrogen and oxygen atoms in total. The van der Waals surface area contributed by atoms with Crippen molar-refractivity contribution in [3.8, 4) is 0 Å². The number of sulfone groups is 1. The molecule has 0 bridgehead atoms. The predicted octanol–water partition coefficient (Wildman–Crippen LogP) is 2.63. The zero-order chi connectivity index (χ0) is 12.6. The lowest BCUT2D eigenvalue weighted by molar-refractivity contribution is 0.586. The van der Waals surface area contributed by atoms with E-state index in [1.54, 1.807) is 32.2 Å². The molecule has 0 aliphatic heterocycles. The number of benzene rings is 1. The van der Waals surface area contributed by atoms with Gasteiger partial charge in [0.05, 0.1) is 16.5 Å². The van der Waals surface area contributed by atoms with E-state index in [1.165, 1.54) is 6.07 Å². The van der Waals surface area contributed by atoms with E-state index in [1.807, 2.05) is 0 Å². The van der Waals surface area contributed by atoms with Crippen LogP contribution in [-0.4, -0.2) is 18.7 Å². The molecular formula is C12H14FNO2S. The minimum atomic E-state index is -3.17. The van der Waals surface area contributed by atoms with E-state index in [0.29, 0.717) is 16.5 Å². The summed E-state index contributed by atoms with van der Waals surface area (Å²) < 4.78 is 37.0. The maximum atomic E-state index is 13.4. The highest BCUT2D eigenvalue weighted by atomic mass is 32.2. The van der Waals surface area contributed by atoms with Gasteiger partial charge < -0.3 is 4.98 Å². The maximum Gasteiger partial charge on any atom is 0.156 e. The third-order valence-corrected chi connectivity index (χ3v) is 4.98. The molecule has 0 atom stereocenters.